The van der Waals surface area contributed by atoms with E-state index in [0.29, 0.717) is 23.0 Å². The van der Waals surface area contributed by atoms with Crippen LogP contribution >= 0.6 is 23.2 Å². The van der Waals surface area contributed by atoms with Crippen LogP contribution in [-0.2, 0) is 24.2 Å². The van der Waals surface area contributed by atoms with Crippen molar-refractivity contribution in [1.82, 2.24) is 9.78 Å². The molecule has 0 amide bonds. The van der Waals surface area contributed by atoms with Gasteiger partial charge in [0.1, 0.15) is 0 Å². The molecule has 130 valence electrons. The molecule has 0 saturated carbocycles. The van der Waals surface area contributed by atoms with Gasteiger partial charge >= 0.3 is 5.97 Å². The first-order chi connectivity index (χ1) is 12.0. The molecule has 6 heteroatoms. The van der Waals surface area contributed by atoms with Crippen LogP contribution in [0.2, 0.25) is 10.0 Å². The van der Waals surface area contributed by atoms with Crippen LogP contribution in [0.1, 0.15) is 30.2 Å². The van der Waals surface area contributed by atoms with Crippen molar-refractivity contribution >= 4 is 40.1 Å². The van der Waals surface area contributed by atoms with Gasteiger partial charge in [-0.05, 0) is 36.6 Å². The van der Waals surface area contributed by atoms with Crippen LogP contribution < -0.4 is 0 Å². The summed E-state index contributed by atoms with van der Waals surface area (Å²) >= 11 is 12.6. The van der Waals surface area contributed by atoms with Gasteiger partial charge in [0, 0.05) is 27.4 Å². The Balaban J connectivity index is 2.04. The molecule has 25 heavy (non-hydrogen) atoms. The molecule has 0 fully saturated rings. The zero-order chi connectivity index (χ0) is 18.0. The van der Waals surface area contributed by atoms with E-state index in [1.165, 1.54) is 0 Å². The average Bonchev–Trinajstić information content (AvgIpc) is 2.93. The highest BCUT2D eigenvalue weighted by atomic mass is 35.5. The maximum atomic E-state index is 10.8. The standard InChI is InChI=1S/C19H18Cl2N2O2/c1-2-17-13-8-6-12(7-9-19(24)25)10-18(13)23(22-17)11-14-15(20)4-3-5-16(14)21/h3-6,8,10H,2,7,9,11H2,1H3,(H,24,25). The van der Waals surface area contributed by atoms with E-state index in [4.69, 9.17) is 33.4 Å². The zero-order valence-electron chi connectivity index (χ0n) is 13.8. The minimum Gasteiger partial charge on any atom is -0.481 e. The van der Waals surface area contributed by atoms with E-state index in [1.807, 2.05) is 41.1 Å². The Kier molecular flexibility index (Phi) is 5.30. The number of carbonyl (C=O) groups is 1. The Labute approximate surface area is 156 Å². The first-order valence-corrected chi connectivity index (χ1v) is 8.88. The van der Waals surface area contributed by atoms with E-state index in [1.54, 1.807) is 0 Å². The third kappa shape index (κ3) is 3.80. The van der Waals surface area contributed by atoms with Crippen LogP contribution in [0.5, 0.6) is 0 Å². The normalized spacial score (nSPS) is 11.2. The number of rotatable bonds is 6. The van der Waals surface area contributed by atoms with Crippen LogP contribution in [-0.4, -0.2) is 20.9 Å². The molecule has 0 bridgehead atoms. The fraction of sp³-hybridized carbons (Fsp3) is 0.263. The molecule has 1 aromatic heterocycles. The number of aliphatic carboxylic acids is 1. The molecule has 0 aliphatic carbocycles. The van der Waals surface area contributed by atoms with Crippen LogP contribution in [0.25, 0.3) is 10.9 Å². The highest BCUT2D eigenvalue weighted by Crippen LogP contribution is 2.28. The molecule has 1 heterocycles. The SMILES string of the molecule is CCc1nn(Cc2c(Cl)cccc2Cl)c2cc(CCC(=O)O)ccc12. The van der Waals surface area contributed by atoms with Crippen LogP contribution in [0, 0.1) is 0 Å². The molecule has 2 aromatic carbocycles. The van der Waals surface area contributed by atoms with Crippen molar-refractivity contribution in [2.24, 2.45) is 0 Å². The molecule has 3 rings (SSSR count). The number of hydrogen-bond donors (Lipinski definition) is 1. The largest absolute Gasteiger partial charge is 0.481 e. The van der Waals surface area contributed by atoms with Gasteiger partial charge in [0.2, 0.25) is 0 Å². The highest BCUT2D eigenvalue weighted by molar-refractivity contribution is 6.36. The number of benzene rings is 2. The predicted molar refractivity (Wildman–Crippen MR) is 101 cm³/mol. The Morgan fingerprint density at radius 3 is 2.56 bits per heavy atom. The predicted octanol–water partition coefficient (Wildman–Crippen LogP) is 4.97. The molecular weight excluding hydrogens is 359 g/mol. The third-order valence-electron chi connectivity index (χ3n) is 4.22. The number of halogens is 2. The Morgan fingerprint density at radius 1 is 1.20 bits per heavy atom. The summed E-state index contributed by atoms with van der Waals surface area (Å²) in [4.78, 5) is 10.8. The van der Waals surface area contributed by atoms with Gasteiger partial charge in [-0.25, -0.2) is 0 Å². The number of aryl methyl sites for hydroxylation is 2. The quantitative estimate of drug-likeness (QED) is 0.660. The molecule has 0 aliphatic heterocycles. The number of nitrogens with zero attached hydrogens (tertiary/aromatic N) is 2. The zero-order valence-corrected chi connectivity index (χ0v) is 15.3. The maximum Gasteiger partial charge on any atom is 0.303 e. The first-order valence-electron chi connectivity index (χ1n) is 8.12. The maximum absolute atomic E-state index is 10.8. The van der Waals surface area contributed by atoms with Gasteiger partial charge in [-0.15, -0.1) is 0 Å². The monoisotopic (exact) mass is 376 g/mol. The molecular formula is C19H18Cl2N2O2. The Hall–Kier alpha value is -2.04. The van der Waals surface area contributed by atoms with Gasteiger partial charge in [0.05, 0.1) is 17.8 Å². The summed E-state index contributed by atoms with van der Waals surface area (Å²) in [6, 6.07) is 11.4. The third-order valence-corrected chi connectivity index (χ3v) is 4.93. The Morgan fingerprint density at radius 2 is 1.92 bits per heavy atom. The number of carboxylic acid groups (broad SMARTS) is 1. The van der Waals surface area contributed by atoms with E-state index in [-0.39, 0.29) is 6.42 Å². The van der Waals surface area contributed by atoms with Gasteiger partial charge in [0.15, 0.2) is 0 Å². The van der Waals surface area contributed by atoms with Crippen molar-refractivity contribution in [1.29, 1.82) is 0 Å². The summed E-state index contributed by atoms with van der Waals surface area (Å²) in [6.07, 6.45) is 1.41. The second kappa shape index (κ2) is 7.46. The topological polar surface area (TPSA) is 55.1 Å². The molecule has 0 unspecified atom stereocenters. The molecule has 0 atom stereocenters. The van der Waals surface area contributed by atoms with Crippen molar-refractivity contribution in [2.45, 2.75) is 32.7 Å². The second-order valence-electron chi connectivity index (χ2n) is 5.90. The van der Waals surface area contributed by atoms with E-state index in [9.17, 15) is 4.79 Å². The number of aromatic nitrogens is 2. The van der Waals surface area contributed by atoms with Gasteiger partial charge in [-0.1, -0.05) is 48.3 Å². The first kappa shape index (κ1) is 17.8. The van der Waals surface area contributed by atoms with Crippen molar-refractivity contribution in [2.75, 3.05) is 0 Å². The van der Waals surface area contributed by atoms with Gasteiger partial charge in [0.25, 0.3) is 0 Å². The van der Waals surface area contributed by atoms with Gasteiger partial charge in [-0.2, -0.15) is 5.10 Å². The summed E-state index contributed by atoms with van der Waals surface area (Å²) in [7, 11) is 0. The van der Waals surface area contributed by atoms with Gasteiger partial charge in [-0.3, -0.25) is 9.48 Å². The van der Waals surface area contributed by atoms with Crippen molar-refractivity contribution in [3.63, 3.8) is 0 Å². The van der Waals surface area contributed by atoms with Crippen molar-refractivity contribution < 1.29 is 9.90 Å². The number of fused-ring (bicyclic) bond motifs is 1. The van der Waals surface area contributed by atoms with Gasteiger partial charge < -0.3 is 5.11 Å². The molecule has 0 radical (unpaired) electrons. The van der Waals surface area contributed by atoms with Crippen molar-refractivity contribution in [3.8, 4) is 0 Å². The van der Waals surface area contributed by atoms with E-state index in [2.05, 4.69) is 6.92 Å². The van der Waals surface area contributed by atoms with Crippen LogP contribution in [0.4, 0.5) is 0 Å². The summed E-state index contributed by atoms with van der Waals surface area (Å²) in [5.41, 5.74) is 3.77. The molecule has 0 aliphatic rings. The van der Waals surface area contributed by atoms with E-state index < -0.39 is 5.97 Å². The lowest BCUT2D eigenvalue weighted by Gasteiger charge is -2.09. The number of carboxylic acids is 1. The molecule has 0 spiro atoms. The fourth-order valence-electron chi connectivity index (χ4n) is 2.91. The fourth-order valence-corrected chi connectivity index (χ4v) is 3.43. The minimum absolute atomic E-state index is 0.108. The lowest BCUT2D eigenvalue weighted by atomic mass is 10.1. The molecule has 4 nitrogen and oxygen atoms in total. The summed E-state index contributed by atoms with van der Waals surface area (Å²) in [5.74, 6) is -0.800. The Bertz CT molecular complexity index is 914. The lowest BCUT2D eigenvalue weighted by Crippen LogP contribution is -2.04. The minimum atomic E-state index is -0.800. The number of hydrogen-bond acceptors (Lipinski definition) is 2. The van der Waals surface area contributed by atoms with E-state index >= 15 is 0 Å². The molecule has 1 N–H and O–H groups in total. The second-order valence-corrected chi connectivity index (χ2v) is 6.72. The smallest absolute Gasteiger partial charge is 0.303 e. The molecule has 3 aromatic rings. The lowest BCUT2D eigenvalue weighted by molar-refractivity contribution is -0.136. The summed E-state index contributed by atoms with van der Waals surface area (Å²) < 4.78 is 1.89. The van der Waals surface area contributed by atoms with Crippen LogP contribution in [0.15, 0.2) is 36.4 Å². The summed E-state index contributed by atoms with van der Waals surface area (Å²) in [5, 5.41) is 15.9. The average molecular weight is 377 g/mol. The summed E-state index contributed by atoms with van der Waals surface area (Å²) in [6.45, 7) is 2.53. The molecule has 0 saturated heterocycles. The highest BCUT2D eigenvalue weighted by Gasteiger charge is 2.13. The van der Waals surface area contributed by atoms with E-state index in [0.717, 1.165) is 34.1 Å². The van der Waals surface area contributed by atoms with Crippen LogP contribution in [0.3, 0.4) is 0 Å². The van der Waals surface area contributed by atoms with Crippen molar-refractivity contribution in [3.05, 3.63) is 63.3 Å².